The van der Waals surface area contributed by atoms with Crippen LogP contribution in [0.5, 0.6) is 0 Å². The summed E-state index contributed by atoms with van der Waals surface area (Å²) in [6.45, 7) is 11.0. The van der Waals surface area contributed by atoms with E-state index in [0.29, 0.717) is 3.17 Å². The van der Waals surface area contributed by atoms with Crippen LogP contribution in [0.1, 0.15) is 51.5 Å². The monoisotopic (exact) mass is 414 g/mol. The second kappa shape index (κ2) is 7.74. The number of rotatable bonds is 4. The van der Waals surface area contributed by atoms with Crippen molar-refractivity contribution in [2.45, 2.75) is 53.3 Å². The van der Waals surface area contributed by atoms with Gasteiger partial charge < -0.3 is 0 Å². The van der Waals surface area contributed by atoms with Gasteiger partial charge in [-0.05, 0) is 0 Å². The molecule has 1 aromatic rings. The minimum atomic E-state index is -1.63. The molecule has 124 valence electrons. The Bertz CT molecular complexity index is 512. The Labute approximate surface area is 150 Å². The molecule has 2 nitrogen and oxygen atoms in total. The Morgan fingerprint density at radius 2 is 1.83 bits per heavy atom. The Balaban J connectivity index is 1.40. The summed E-state index contributed by atoms with van der Waals surface area (Å²) in [6, 6.07) is 11.1. The second-order valence-corrected chi connectivity index (χ2v) is 18.6. The molecular formula is C20H31InN2. The molecule has 2 heterocycles. The fraction of sp³-hybridized carbons (Fsp3) is 0.650. The maximum absolute atomic E-state index is 4.97. The van der Waals surface area contributed by atoms with Crippen molar-refractivity contribution in [1.29, 1.82) is 0 Å². The Morgan fingerprint density at radius 1 is 1.13 bits per heavy atom. The van der Waals surface area contributed by atoms with Gasteiger partial charge in [0.2, 0.25) is 0 Å². The van der Waals surface area contributed by atoms with Gasteiger partial charge in [-0.1, -0.05) is 0 Å². The molecule has 3 rings (SSSR count). The number of likely N-dealkylation sites (tertiary alicyclic amines) is 1. The fourth-order valence-electron chi connectivity index (χ4n) is 3.97. The number of nitrogens with zero attached hydrogens (tertiary/aromatic N) is 2. The van der Waals surface area contributed by atoms with E-state index in [4.69, 9.17) is 2.98 Å². The van der Waals surface area contributed by atoms with Crippen LogP contribution >= 0.6 is 0 Å². The van der Waals surface area contributed by atoms with Crippen LogP contribution in [-0.4, -0.2) is 52.5 Å². The first-order valence-electron chi connectivity index (χ1n) is 9.33. The van der Waals surface area contributed by atoms with Crippen molar-refractivity contribution < 1.29 is 0 Å². The number of benzene rings is 1. The number of hydrogen-bond acceptors (Lipinski definition) is 2. The van der Waals surface area contributed by atoms with Gasteiger partial charge in [0.15, 0.2) is 0 Å². The van der Waals surface area contributed by atoms with Crippen molar-refractivity contribution in [3.05, 3.63) is 35.9 Å². The fourth-order valence-corrected chi connectivity index (χ4v) is 11.6. The van der Waals surface area contributed by atoms with Gasteiger partial charge in [-0.2, -0.15) is 0 Å². The third-order valence-electron chi connectivity index (χ3n) is 5.68. The van der Waals surface area contributed by atoms with Gasteiger partial charge in [0.1, 0.15) is 0 Å². The number of hydrogen-bond donors (Lipinski definition) is 0. The van der Waals surface area contributed by atoms with Crippen molar-refractivity contribution >= 4 is 27.9 Å². The zero-order chi connectivity index (χ0) is 16.3. The van der Waals surface area contributed by atoms with E-state index in [9.17, 15) is 0 Å². The van der Waals surface area contributed by atoms with E-state index in [2.05, 4.69) is 62.2 Å². The van der Waals surface area contributed by atoms with Crippen LogP contribution in [0.3, 0.4) is 0 Å². The first-order valence-corrected chi connectivity index (χ1v) is 14.8. The van der Waals surface area contributed by atoms with E-state index in [1.54, 1.807) is 0 Å². The molecule has 0 aliphatic carbocycles. The Morgan fingerprint density at radius 3 is 2.43 bits per heavy atom. The molecule has 1 aromatic carbocycles. The van der Waals surface area contributed by atoms with E-state index in [1.165, 1.54) is 48.6 Å². The summed E-state index contributed by atoms with van der Waals surface area (Å²) in [5.41, 5.74) is 1.54. The van der Waals surface area contributed by atoms with E-state index < -0.39 is 21.7 Å². The average molecular weight is 414 g/mol. The Hall–Kier alpha value is -0.280. The molecule has 1 atom stereocenters. The first-order chi connectivity index (χ1) is 11.0. The number of piperidine rings is 1. The SMILES string of the molecule is C[C](C)(C)[In]1[CH2]C(CCN2CCC(c3ccccc3)CC2)C=[N]1. The molecule has 1 saturated heterocycles. The van der Waals surface area contributed by atoms with Crippen molar-refractivity contribution in [1.82, 2.24) is 4.90 Å². The van der Waals surface area contributed by atoms with Crippen LogP contribution in [0.15, 0.2) is 33.3 Å². The molecule has 0 aromatic heterocycles. The van der Waals surface area contributed by atoms with Gasteiger partial charge in [-0.15, -0.1) is 0 Å². The molecule has 0 spiro atoms. The van der Waals surface area contributed by atoms with Gasteiger partial charge in [-0.25, -0.2) is 0 Å². The molecule has 0 radical (unpaired) electrons. The van der Waals surface area contributed by atoms with Gasteiger partial charge in [0, 0.05) is 0 Å². The molecule has 2 aliphatic heterocycles. The summed E-state index contributed by atoms with van der Waals surface area (Å²) in [5.74, 6) is 1.57. The van der Waals surface area contributed by atoms with Gasteiger partial charge >= 0.3 is 151 Å². The molecule has 0 bridgehead atoms. The maximum atomic E-state index is 4.97. The van der Waals surface area contributed by atoms with Gasteiger partial charge in [0.25, 0.3) is 0 Å². The van der Waals surface area contributed by atoms with Crippen LogP contribution in [0.4, 0.5) is 0 Å². The minimum absolute atomic E-state index is 0.529. The van der Waals surface area contributed by atoms with Crippen molar-refractivity contribution in [3.8, 4) is 0 Å². The second-order valence-electron chi connectivity index (χ2n) is 8.49. The van der Waals surface area contributed by atoms with Crippen molar-refractivity contribution in [2.75, 3.05) is 19.6 Å². The van der Waals surface area contributed by atoms with Crippen molar-refractivity contribution in [2.24, 2.45) is 8.90 Å². The van der Waals surface area contributed by atoms with Crippen LogP contribution in [0.2, 0.25) is 7.35 Å². The average Bonchev–Trinajstić information content (AvgIpc) is 3.04. The van der Waals surface area contributed by atoms with Crippen LogP contribution in [-0.2, 0) is 0 Å². The summed E-state index contributed by atoms with van der Waals surface area (Å²) < 4.78 is 6.96. The molecule has 0 saturated carbocycles. The standard InChI is InChI=1S/C16H22N2.C4H9.In/c1-14(13-17)7-10-18-11-8-16(9-12-18)15-5-3-2-4-6-15;1-4(2)3;/h2-6,13-14,16H,1,7-12H2;1-3H3;/q-1;;+1. The van der Waals surface area contributed by atoms with E-state index >= 15 is 0 Å². The first kappa shape index (κ1) is 17.5. The van der Waals surface area contributed by atoms with Crippen LogP contribution < -0.4 is 0 Å². The predicted octanol–water partition coefficient (Wildman–Crippen LogP) is 4.75. The quantitative estimate of drug-likeness (QED) is 0.695. The molecule has 0 N–H and O–H groups in total. The molecule has 1 fully saturated rings. The van der Waals surface area contributed by atoms with Gasteiger partial charge in [0.05, 0.1) is 0 Å². The molecular weight excluding hydrogens is 383 g/mol. The third kappa shape index (κ3) is 4.85. The molecule has 23 heavy (non-hydrogen) atoms. The third-order valence-corrected chi connectivity index (χ3v) is 15.9. The van der Waals surface area contributed by atoms with Crippen LogP contribution in [0, 0.1) is 5.92 Å². The normalized spacial score (nSPS) is 23.6. The zero-order valence-corrected chi connectivity index (χ0v) is 18.3. The summed E-state index contributed by atoms with van der Waals surface area (Å²) in [5, 5.41) is 0. The topological polar surface area (TPSA) is 15.6 Å². The van der Waals surface area contributed by atoms with Crippen LogP contribution in [0.25, 0.3) is 0 Å². The van der Waals surface area contributed by atoms with E-state index in [0.717, 1.165) is 11.8 Å². The molecule has 2 aliphatic rings. The van der Waals surface area contributed by atoms with Crippen molar-refractivity contribution in [3.63, 3.8) is 0 Å². The summed E-state index contributed by atoms with van der Waals surface area (Å²) >= 11 is -1.63. The summed E-state index contributed by atoms with van der Waals surface area (Å²) in [4.78, 5) is 2.69. The zero-order valence-electron chi connectivity index (χ0n) is 15.0. The van der Waals surface area contributed by atoms with Gasteiger partial charge in [-0.3, -0.25) is 0 Å². The molecule has 1 unspecified atom stereocenters. The summed E-state index contributed by atoms with van der Waals surface area (Å²) in [6.07, 6.45) is 6.32. The predicted molar refractivity (Wildman–Crippen MR) is 102 cm³/mol. The Kier molecular flexibility index (Phi) is 5.90. The molecule has 0 amide bonds. The summed E-state index contributed by atoms with van der Waals surface area (Å²) in [7, 11) is 0. The van der Waals surface area contributed by atoms with E-state index in [1.807, 2.05) is 0 Å². The van der Waals surface area contributed by atoms with E-state index in [-0.39, 0.29) is 0 Å². The molecule has 3 heteroatoms.